The van der Waals surface area contributed by atoms with Crippen LogP contribution in [-0.2, 0) is 11.2 Å². The van der Waals surface area contributed by atoms with Gasteiger partial charge in [-0.1, -0.05) is 0 Å². The van der Waals surface area contributed by atoms with Gasteiger partial charge in [-0.15, -0.1) is 0 Å². The third-order valence-electron chi connectivity index (χ3n) is 5.44. The number of likely N-dealkylation sites (tertiary alicyclic amines) is 1. The van der Waals surface area contributed by atoms with Crippen molar-refractivity contribution in [2.24, 2.45) is 0 Å². The number of piperazine rings is 1. The fourth-order valence-electron chi connectivity index (χ4n) is 4.01. The molecule has 0 bridgehead atoms. The van der Waals surface area contributed by atoms with E-state index in [9.17, 15) is 14.0 Å². The molecule has 3 aliphatic heterocycles. The summed E-state index contributed by atoms with van der Waals surface area (Å²) in [5.74, 6) is -0.907. The minimum atomic E-state index is -0.559. The highest BCUT2D eigenvalue weighted by atomic mass is 19.1. The van der Waals surface area contributed by atoms with Gasteiger partial charge in [-0.3, -0.25) is 14.5 Å². The number of nitrogens with zero attached hydrogens (tertiary/aromatic N) is 2. The van der Waals surface area contributed by atoms with Gasteiger partial charge in [0.25, 0.3) is 5.91 Å². The molecule has 1 unspecified atom stereocenters. The van der Waals surface area contributed by atoms with Crippen LogP contribution in [0.2, 0.25) is 0 Å². The maximum absolute atomic E-state index is 14.4. The van der Waals surface area contributed by atoms with Crippen molar-refractivity contribution in [3.8, 4) is 0 Å². The van der Waals surface area contributed by atoms with Crippen molar-refractivity contribution in [1.29, 1.82) is 0 Å². The number of carbonyl (C=O) groups excluding carboxylic acids is 2. The van der Waals surface area contributed by atoms with Gasteiger partial charge < -0.3 is 15.5 Å². The van der Waals surface area contributed by atoms with Gasteiger partial charge in [0.05, 0.1) is 5.56 Å². The molecule has 3 heterocycles. The van der Waals surface area contributed by atoms with E-state index in [-0.39, 0.29) is 17.4 Å². The zero-order chi connectivity index (χ0) is 17.4. The molecule has 4 rings (SSSR count). The van der Waals surface area contributed by atoms with E-state index in [1.165, 1.54) is 6.07 Å². The number of halogens is 1. The summed E-state index contributed by atoms with van der Waals surface area (Å²) in [6.07, 6.45) is 1.86. The Hall–Kier alpha value is -1.99. The van der Waals surface area contributed by atoms with Crippen LogP contribution in [0.4, 0.5) is 10.1 Å². The van der Waals surface area contributed by atoms with Crippen molar-refractivity contribution < 1.29 is 14.0 Å². The largest absolute Gasteiger partial charge is 0.337 e. The predicted octanol–water partition coefficient (Wildman–Crippen LogP) is 0.830. The number of amides is 2. The first-order valence-electron chi connectivity index (χ1n) is 8.98. The van der Waals surface area contributed by atoms with Crippen LogP contribution in [0.3, 0.4) is 0 Å². The quantitative estimate of drug-likeness (QED) is 0.833. The van der Waals surface area contributed by atoms with Gasteiger partial charge in [0, 0.05) is 57.4 Å². The summed E-state index contributed by atoms with van der Waals surface area (Å²) in [6, 6.07) is 3.26. The highest BCUT2D eigenvalue weighted by molar-refractivity contribution is 5.98. The number of aryl methyl sites for hydroxylation is 1. The summed E-state index contributed by atoms with van der Waals surface area (Å²) in [4.78, 5) is 28.4. The smallest absolute Gasteiger partial charge is 0.256 e. The molecule has 2 fully saturated rings. The number of hydrogen-bond acceptors (Lipinski definition) is 4. The van der Waals surface area contributed by atoms with Crippen LogP contribution in [0, 0.1) is 5.82 Å². The highest BCUT2D eigenvalue weighted by Gasteiger charge is 2.32. The lowest BCUT2D eigenvalue weighted by atomic mass is 9.99. The first-order chi connectivity index (χ1) is 12.1. The lowest BCUT2D eigenvalue weighted by Gasteiger charge is -2.32. The Bertz CT molecular complexity index is 703. The number of hydrogen-bond donors (Lipinski definition) is 2. The number of benzene rings is 1. The maximum atomic E-state index is 14.4. The normalized spacial score (nSPS) is 24.1. The number of fused-ring (bicyclic) bond motifs is 1. The fraction of sp³-hybridized carbons (Fsp3) is 0.556. The van der Waals surface area contributed by atoms with Crippen LogP contribution in [0.5, 0.6) is 0 Å². The van der Waals surface area contributed by atoms with Crippen molar-refractivity contribution in [2.75, 3.05) is 44.6 Å². The van der Waals surface area contributed by atoms with E-state index in [2.05, 4.69) is 15.5 Å². The molecule has 2 amide bonds. The van der Waals surface area contributed by atoms with Crippen molar-refractivity contribution in [3.05, 3.63) is 29.1 Å². The van der Waals surface area contributed by atoms with Gasteiger partial charge in [-0.25, -0.2) is 4.39 Å². The van der Waals surface area contributed by atoms with Crippen LogP contribution in [0.1, 0.15) is 28.8 Å². The molecule has 0 radical (unpaired) electrons. The van der Waals surface area contributed by atoms with E-state index < -0.39 is 5.82 Å². The Morgan fingerprint density at radius 1 is 1.16 bits per heavy atom. The van der Waals surface area contributed by atoms with E-state index in [1.54, 1.807) is 11.0 Å². The Morgan fingerprint density at radius 2 is 1.96 bits per heavy atom. The zero-order valence-corrected chi connectivity index (χ0v) is 14.2. The van der Waals surface area contributed by atoms with Crippen LogP contribution >= 0.6 is 0 Å². The van der Waals surface area contributed by atoms with Gasteiger partial charge in [0.1, 0.15) is 5.82 Å². The fourth-order valence-corrected chi connectivity index (χ4v) is 4.01. The molecule has 1 aromatic carbocycles. The molecule has 0 spiro atoms. The Kier molecular flexibility index (Phi) is 4.43. The second-order valence-electron chi connectivity index (χ2n) is 7.02. The monoisotopic (exact) mass is 346 g/mol. The lowest BCUT2D eigenvalue weighted by Crippen LogP contribution is -2.49. The molecule has 7 heteroatoms. The van der Waals surface area contributed by atoms with Gasteiger partial charge in [0.2, 0.25) is 5.91 Å². The average molecular weight is 346 g/mol. The SMILES string of the molecule is O=C1CCc2cc(C(=O)N3CCC(N4CCNCC4)C3)c(F)cc2N1. The Balaban J connectivity index is 1.49. The molecule has 0 aromatic heterocycles. The Morgan fingerprint density at radius 3 is 2.76 bits per heavy atom. The maximum Gasteiger partial charge on any atom is 0.256 e. The van der Waals surface area contributed by atoms with Gasteiger partial charge in [-0.2, -0.15) is 0 Å². The van der Waals surface area contributed by atoms with Crippen molar-refractivity contribution in [2.45, 2.75) is 25.3 Å². The summed E-state index contributed by atoms with van der Waals surface area (Å²) in [7, 11) is 0. The number of anilines is 1. The standard InChI is InChI=1S/C18H23FN4O2/c19-15-10-16-12(1-2-17(24)21-16)9-14(15)18(25)23-6-3-13(11-23)22-7-4-20-5-8-22/h9-10,13,20H,1-8,11H2,(H,21,24). The molecule has 6 nitrogen and oxygen atoms in total. The minimum Gasteiger partial charge on any atom is -0.337 e. The molecule has 0 saturated carbocycles. The topological polar surface area (TPSA) is 64.7 Å². The first kappa shape index (κ1) is 16.5. The minimum absolute atomic E-state index is 0.107. The second kappa shape index (κ2) is 6.72. The lowest BCUT2D eigenvalue weighted by molar-refractivity contribution is -0.116. The predicted molar refractivity (Wildman–Crippen MR) is 92.1 cm³/mol. The van der Waals surface area contributed by atoms with E-state index in [0.717, 1.165) is 38.2 Å². The van der Waals surface area contributed by atoms with Crippen LogP contribution in [0.15, 0.2) is 12.1 Å². The van der Waals surface area contributed by atoms with Gasteiger partial charge >= 0.3 is 0 Å². The highest BCUT2D eigenvalue weighted by Crippen LogP contribution is 2.27. The summed E-state index contributed by atoms with van der Waals surface area (Å²) in [5, 5.41) is 6.01. The van der Waals surface area contributed by atoms with Crippen molar-refractivity contribution in [1.82, 2.24) is 15.1 Å². The van der Waals surface area contributed by atoms with Gasteiger partial charge in [0.15, 0.2) is 0 Å². The summed E-state index contributed by atoms with van der Waals surface area (Å²) < 4.78 is 14.4. The van der Waals surface area contributed by atoms with E-state index in [4.69, 9.17) is 0 Å². The first-order valence-corrected chi connectivity index (χ1v) is 8.98. The summed E-state index contributed by atoms with van der Waals surface area (Å²) in [5.41, 5.74) is 1.45. The van der Waals surface area contributed by atoms with E-state index in [0.29, 0.717) is 37.7 Å². The van der Waals surface area contributed by atoms with Crippen molar-refractivity contribution in [3.63, 3.8) is 0 Å². The average Bonchev–Trinajstić information content (AvgIpc) is 3.11. The molecular formula is C18H23FN4O2. The van der Waals surface area contributed by atoms with Crippen molar-refractivity contribution >= 4 is 17.5 Å². The summed E-state index contributed by atoms with van der Waals surface area (Å²) >= 11 is 0. The molecule has 25 heavy (non-hydrogen) atoms. The van der Waals surface area contributed by atoms with Gasteiger partial charge in [-0.05, 0) is 30.5 Å². The molecule has 2 saturated heterocycles. The van der Waals surface area contributed by atoms with E-state index >= 15 is 0 Å². The molecule has 2 N–H and O–H groups in total. The second-order valence-corrected chi connectivity index (χ2v) is 7.02. The molecule has 1 aromatic rings. The van der Waals surface area contributed by atoms with Crippen LogP contribution < -0.4 is 10.6 Å². The molecule has 1 atom stereocenters. The molecular weight excluding hydrogens is 323 g/mol. The third-order valence-corrected chi connectivity index (χ3v) is 5.44. The number of nitrogens with one attached hydrogen (secondary N) is 2. The number of carbonyl (C=O) groups is 2. The van der Waals surface area contributed by atoms with Crippen LogP contribution in [0.25, 0.3) is 0 Å². The third kappa shape index (κ3) is 3.26. The molecule has 3 aliphatic rings. The molecule has 134 valence electrons. The van der Waals surface area contributed by atoms with E-state index in [1.807, 2.05) is 0 Å². The molecule has 0 aliphatic carbocycles. The number of rotatable bonds is 2. The zero-order valence-electron chi connectivity index (χ0n) is 14.2. The van der Waals surface area contributed by atoms with Crippen LogP contribution in [-0.4, -0.2) is 66.9 Å². The Labute approximate surface area is 146 Å². The summed E-state index contributed by atoms with van der Waals surface area (Å²) in [6.45, 7) is 5.29.